The summed E-state index contributed by atoms with van der Waals surface area (Å²) in [7, 11) is 1.72. The van der Waals surface area contributed by atoms with Crippen molar-refractivity contribution in [3.05, 3.63) is 0 Å². The third-order valence-electron chi connectivity index (χ3n) is 4.94. The van der Waals surface area contributed by atoms with Crippen LogP contribution in [0.15, 0.2) is 0 Å². The molecule has 21 heavy (non-hydrogen) atoms. The fourth-order valence-corrected chi connectivity index (χ4v) is 3.81. The molecular weight excluding hydrogens is 272 g/mol. The highest BCUT2D eigenvalue weighted by Gasteiger charge is 2.59. The highest BCUT2D eigenvalue weighted by molar-refractivity contribution is 5.72. The number of rotatable bonds is 2. The Balaban J connectivity index is 1.80. The Bertz CT molecular complexity index is 443. The fraction of sp³-hybridized carbons (Fsp3) is 0.867. The minimum atomic E-state index is -0.491. The van der Waals surface area contributed by atoms with E-state index in [-0.39, 0.29) is 24.3 Å². The summed E-state index contributed by atoms with van der Waals surface area (Å²) >= 11 is 0. The molecule has 0 radical (unpaired) electrons. The van der Waals surface area contributed by atoms with Crippen molar-refractivity contribution < 1.29 is 19.1 Å². The number of likely N-dealkylation sites (N-methyl/N-ethyl adjacent to an activating group) is 1. The van der Waals surface area contributed by atoms with E-state index in [1.807, 2.05) is 18.7 Å². The van der Waals surface area contributed by atoms with Crippen LogP contribution >= 0.6 is 0 Å². The van der Waals surface area contributed by atoms with E-state index < -0.39 is 5.60 Å². The zero-order chi connectivity index (χ0) is 15.2. The summed E-state index contributed by atoms with van der Waals surface area (Å²) in [5, 5.41) is 0. The Kier molecular flexibility index (Phi) is 3.50. The van der Waals surface area contributed by atoms with E-state index in [9.17, 15) is 9.59 Å². The lowest BCUT2D eigenvalue weighted by atomic mass is 9.70. The molecule has 0 aromatic rings. The zero-order valence-corrected chi connectivity index (χ0v) is 13.0. The van der Waals surface area contributed by atoms with Gasteiger partial charge in [0.2, 0.25) is 0 Å². The van der Waals surface area contributed by atoms with Gasteiger partial charge in [0.25, 0.3) is 0 Å². The molecule has 1 aliphatic carbocycles. The molecule has 2 amide bonds. The van der Waals surface area contributed by atoms with Gasteiger partial charge in [-0.15, -0.1) is 0 Å². The van der Waals surface area contributed by atoms with E-state index in [1.165, 1.54) is 0 Å². The summed E-state index contributed by atoms with van der Waals surface area (Å²) in [5.74, 6) is 0.316. The largest absolute Gasteiger partial charge is 0.449 e. The van der Waals surface area contributed by atoms with Crippen LogP contribution in [-0.2, 0) is 9.47 Å². The standard InChI is InChI=1S/C15H24N2O4/c1-10(2)9-20-14(19)17-11-4-6-15(7-5-11)12(17)8-16(3)13(18)21-15/h10-12H,4-9H2,1-3H3. The van der Waals surface area contributed by atoms with Crippen LogP contribution < -0.4 is 0 Å². The molecule has 1 unspecified atom stereocenters. The van der Waals surface area contributed by atoms with Crippen molar-refractivity contribution in [3.8, 4) is 0 Å². The number of carbonyl (C=O) groups is 2. The molecule has 3 heterocycles. The summed E-state index contributed by atoms with van der Waals surface area (Å²) in [6.07, 6.45) is 2.97. The van der Waals surface area contributed by atoms with E-state index >= 15 is 0 Å². The molecule has 6 nitrogen and oxygen atoms in total. The first-order chi connectivity index (χ1) is 9.93. The predicted octanol–water partition coefficient (Wildman–Crippen LogP) is 2.23. The van der Waals surface area contributed by atoms with E-state index in [0.717, 1.165) is 25.7 Å². The molecule has 1 saturated carbocycles. The van der Waals surface area contributed by atoms with Crippen molar-refractivity contribution in [1.82, 2.24) is 9.80 Å². The van der Waals surface area contributed by atoms with Crippen LogP contribution in [0.5, 0.6) is 0 Å². The van der Waals surface area contributed by atoms with E-state index in [0.29, 0.717) is 19.1 Å². The average molecular weight is 296 g/mol. The van der Waals surface area contributed by atoms with Gasteiger partial charge in [-0.2, -0.15) is 0 Å². The lowest BCUT2D eigenvalue weighted by Crippen LogP contribution is -2.73. The van der Waals surface area contributed by atoms with Crippen LogP contribution in [0, 0.1) is 5.92 Å². The number of hydrogen-bond acceptors (Lipinski definition) is 4. The van der Waals surface area contributed by atoms with Crippen molar-refractivity contribution in [1.29, 1.82) is 0 Å². The van der Waals surface area contributed by atoms with Gasteiger partial charge in [0.15, 0.2) is 0 Å². The molecule has 1 spiro atoms. The molecular formula is C15H24N2O4. The summed E-state index contributed by atoms with van der Waals surface area (Å²) in [6, 6.07) is 0.147. The van der Waals surface area contributed by atoms with E-state index in [4.69, 9.17) is 9.47 Å². The summed E-state index contributed by atoms with van der Waals surface area (Å²) in [5.41, 5.74) is -0.491. The first-order valence-electron chi connectivity index (χ1n) is 7.82. The van der Waals surface area contributed by atoms with Crippen molar-refractivity contribution in [2.45, 2.75) is 57.2 Å². The van der Waals surface area contributed by atoms with Crippen LogP contribution in [0.3, 0.4) is 0 Å². The Hall–Kier alpha value is -1.46. The second-order valence-electron chi connectivity index (χ2n) is 6.94. The molecule has 3 aliphatic heterocycles. The number of piperidine rings is 2. The quantitative estimate of drug-likeness (QED) is 0.784. The van der Waals surface area contributed by atoms with Crippen molar-refractivity contribution in [2.75, 3.05) is 20.2 Å². The molecule has 6 heteroatoms. The average Bonchev–Trinajstić information content (AvgIpc) is 2.45. The third kappa shape index (κ3) is 2.34. The summed E-state index contributed by atoms with van der Waals surface area (Å²) in [4.78, 5) is 27.8. The van der Waals surface area contributed by atoms with E-state index in [1.54, 1.807) is 11.9 Å². The van der Waals surface area contributed by atoms with Crippen LogP contribution in [0.1, 0.15) is 39.5 Å². The number of hydrogen-bond donors (Lipinski definition) is 0. The van der Waals surface area contributed by atoms with Crippen LogP contribution in [0.4, 0.5) is 9.59 Å². The maximum atomic E-state index is 12.5. The zero-order valence-electron chi connectivity index (χ0n) is 13.0. The minimum Gasteiger partial charge on any atom is -0.449 e. The third-order valence-corrected chi connectivity index (χ3v) is 4.94. The number of carbonyl (C=O) groups excluding carboxylic acids is 2. The number of nitrogens with zero attached hydrogens (tertiary/aromatic N) is 2. The van der Waals surface area contributed by atoms with Gasteiger partial charge >= 0.3 is 12.2 Å². The van der Waals surface area contributed by atoms with Gasteiger partial charge in [0.05, 0.1) is 12.6 Å². The smallest absolute Gasteiger partial charge is 0.410 e. The van der Waals surface area contributed by atoms with Gasteiger partial charge < -0.3 is 14.4 Å². The number of fused-ring (bicyclic) bond motifs is 2. The molecule has 4 fully saturated rings. The maximum absolute atomic E-state index is 12.5. The van der Waals surface area contributed by atoms with Crippen molar-refractivity contribution in [2.24, 2.45) is 5.92 Å². The van der Waals surface area contributed by atoms with Gasteiger partial charge in [-0.3, -0.25) is 4.90 Å². The second kappa shape index (κ2) is 5.07. The fourth-order valence-electron chi connectivity index (χ4n) is 3.81. The molecule has 4 aliphatic rings. The predicted molar refractivity (Wildman–Crippen MR) is 75.9 cm³/mol. The van der Waals surface area contributed by atoms with Gasteiger partial charge in [0, 0.05) is 19.6 Å². The van der Waals surface area contributed by atoms with E-state index in [2.05, 4.69) is 0 Å². The molecule has 118 valence electrons. The number of amides is 2. The highest BCUT2D eigenvalue weighted by Crippen LogP contribution is 2.47. The first-order valence-corrected chi connectivity index (χ1v) is 7.82. The topological polar surface area (TPSA) is 59.1 Å². The maximum Gasteiger partial charge on any atom is 0.410 e. The van der Waals surface area contributed by atoms with Gasteiger partial charge in [-0.05, 0) is 31.6 Å². The Morgan fingerprint density at radius 3 is 2.71 bits per heavy atom. The normalized spacial score (nSPS) is 34.8. The lowest BCUT2D eigenvalue weighted by molar-refractivity contribution is -0.165. The lowest BCUT2D eigenvalue weighted by Gasteiger charge is -2.59. The molecule has 0 N–H and O–H groups in total. The summed E-state index contributed by atoms with van der Waals surface area (Å²) < 4.78 is 11.2. The van der Waals surface area contributed by atoms with Crippen LogP contribution in [-0.4, -0.2) is 59.9 Å². The Morgan fingerprint density at radius 2 is 2.10 bits per heavy atom. The number of ether oxygens (including phenoxy) is 2. The molecule has 1 atom stereocenters. The van der Waals surface area contributed by atoms with Gasteiger partial charge in [-0.25, -0.2) is 9.59 Å². The first kappa shape index (κ1) is 14.5. The Morgan fingerprint density at radius 1 is 1.43 bits per heavy atom. The highest BCUT2D eigenvalue weighted by atomic mass is 16.6. The van der Waals surface area contributed by atoms with Gasteiger partial charge in [-0.1, -0.05) is 13.8 Å². The molecule has 3 saturated heterocycles. The van der Waals surface area contributed by atoms with Crippen LogP contribution in [0.25, 0.3) is 0 Å². The van der Waals surface area contributed by atoms with Crippen LogP contribution in [0.2, 0.25) is 0 Å². The molecule has 4 rings (SSSR count). The second-order valence-corrected chi connectivity index (χ2v) is 6.94. The minimum absolute atomic E-state index is 0.0765. The molecule has 0 aromatic heterocycles. The Labute approximate surface area is 125 Å². The summed E-state index contributed by atoms with van der Waals surface area (Å²) in [6.45, 7) is 5.00. The molecule has 0 aromatic carbocycles. The van der Waals surface area contributed by atoms with Crippen molar-refractivity contribution >= 4 is 12.2 Å². The SMILES string of the molecule is CC(C)COC(=O)N1C2CCC3(CC2)OC(=O)N(C)CC13. The van der Waals surface area contributed by atoms with Crippen molar-refractivity contribution in [3.63, 3.8) is 0 Å². The molecule has 2 bridgehead atoms. The van der Waals surface area contributed by atoms with Gasteiger partial charge in [0.1, 0.15) is 5.60 Å². The monoisotopic (exact) mass is 296 g/mol.